The molecule has 37 heavy (non-hydrogen) atoms. The third kappa shape index (κ3) is 8.09. The molecule has 0 radical (unpaired) electrons. The highest BCUT2D eigenvalue weighted by Crippen LogP contribution is 2.21. The number of halogens is 1. The summed E-state index contributed by atoms with van der Waals surface area (Å²) in [5, 5.41) is 3.86. The van der Waals surface area contributed by atoms with Crippen LogP contribution in [0.5, 0.6) is 5.75 Å². The lowest BCUT2D eigenvalue weighted by Crippen LogP contribution is -2.53. The Labute approximate surface area is 224 Å². The molecule has 1 aliphatic carbocycles. The molecule has 2 amide bonds. The average molecular weight is 519 g/mol. The number of nitrogens with zero attached hydrogens (tertiary/aromatic N) is 1. The Morgan fingerprint density at radius 3 is 2.35 bits per heavy atom. The van der Waals surface area contributed by atoms with Gasteiger partial charge in [0.15, 0.2) is 6.61 Å². The second kappa shape index (κ2) is 13.3. The van der Waals surface area contributed by atoms with Gasteiger partial charge < -0.3 is 15.0 Å². The summed E-state index contributed by atoms with van der Waals surface area (Å²) in [6.45, 7) is 2.17. The van der Waals surface area contributed by atoms with Crippen molar-refractivity contribution >= 4 is 23.4 Å². The zero-order chi connectivity index (χ0) is 26.0. The van der Waals surface area contributed by atoms with Crippen molar-refractivity contribution < 1.29 is 14.3 Å². The zero-order valence-corrected chi connectivity index (χ0v) is 22.1. The molecule has 0 unspecified atom stereocenters. The van der Waals surface area contributed by atoms with Crippen LogP contribution in [0.4, 0.5) is 0 Å². The van der Waals surface area contributed by atoms with Crippen molar-refractivity contribution in [1.82, 2.24) is 10.2 Å². The highest BCUT2D eigenvalue weighted by Gasteiger charge is 2.32. The first-order valence-electron chi connectivity index (χ1n) is 13.1. The summed E-state index contributed by atoms with van der Waals surface area (Å²) < 4.78 is 5.81. The molecule has 3 aromatic rings. The van der Waals surface area contributed by atoms with Crippen molar-refractivity contribution in [2.45, 2.75) is 64.1 Å². The van der Waals surface area contributed by atoms with Crippen LogP contribution in [-0.4, -0.2) is 35.4 Å². The number of carbonyl (C=O) groups excluding carboxylic acids is 2. The summed E-state index contributed by atoms with van der Waals surface area (Å²) in [7, 11) is 0. The molecule has 4 rings (SSSR count). The second-order valence-electron chi connectivity index (χ2n) is 9.80. The van der Waals surface area contributed by atoms with Crippen LogP contribution in [0.25, 0.3) is 0 Å². The van der Waals surface area contributed by atoms with E-state index < -0.39 is 6.04 Å². The van der Waals surface area contributed by atoms with E-state index in [0.717, 1.165) is 42.4 Å². The third-order valence-corrected chi connectivity index (χ3v) is 7.09. The van der Waals surface area contributed by atoms with Gasteiger partial charge in [-0.15, -0.1) is 0 Å². The van der Waals surface area contributed by atoms with E-state index in [1.54, 1.807) is 29.2 Å². The van der Waals surface area contributed by atoms with Gasteiger partial charge in [-0.1, -0.05) is 91.0 Å². The number of aryl methyl sites for hydroxylation is 1. The Bertz CT molecular complexity index is 1160. The van der Waals surface area contributed by atoms with E-state index in [2.05, 4.69) is 11.4 Å². The first-order valence-corrected chi connectivity index (χ1v) is 13.4. The molecule has 1 saturated carbocycles. The monoisotopic (exact) mass is 518 g/mol. The molecule has 194 valence electrons. The minimum atomic E-state index is -0.661. The summed E-state index contributed by atoms with van der Waals surface area (Å²) in [6, 6.07) is 24.3. The quantitative estimate of drug-likeness (QED) is 0.352. The van der Waals surface area contributed by atoms with E-state index in [1.807, 2.05) is 55.5 Å². The van der Waals surface area contributed by atoms with Gasteiger partial charge in [0.1, 0.15) is 11.8 Å². The molecule has 1 aliphatic rings. The fourth-order valence-corrected chi connectivity index (χ4v) is 4.99. The van der Waals surface area contributed by atoms with Crippen LogP contribution in [0.1, 0.15) is 48.8 Å². The van der Waals surface area contributed by atoms with E-state index in [4.69, 9.17) is 16.3 Å². The van der Waals surface area contributed by atoms with Crippen molar-refractivity contribution in [2.24, 2.45) is 0 Å². The Balaban J connectivity index is 1.60. The molecule has 1 N–H and O–H groups in total. The predicted octanol–water partition coefficient (Wildman–Crippen LogP) is 6.12. The van der Waals surface area contributed by atoms with E-state index in [1.165, 1.54) is 6.42 Å². The highest BCUT2D eigenvalue weighted by molar-refractivity contribution is 6.30. The second-order valence-corrected chi connectivity index (χ2v) is 10.2. The van der Waals surface area contributed by atoms with Gasteiger partial charge in [0.2, 0.25) is 5.91 Å². The van der Waals surface area contributed by atoms with Crippen molar-refractivity contribution in [3.8, 4) is 5.75 Å². The smallest absolute Gasteiger partial charge is 0.261 e. The first kappa shape index (κ1) is 26.7. The van der Waals surface area contributed by atoms with Gasteiger partial charge in [0.05, 0.1) is 0 Å². The average Bonchev–Trinajstić information content (AvgIpc) is 2.91. The molecule has 0 heterocycles. The number of benzene rings is 3. The van der Waals surface area contributed by atoms with Crippen LogP contribution in [-0.2, 0) is 22.6 Å². The normalized spacial score (nSPS) is 14.5. The Morgan fingerprint density at radius 1 is 0.946 bits per heavy atom. The maximum Gasteiger partial charge on any atom is 0.261 e. The van der Waals surface area contributed by atoms with Gasteiger partial charge in [-0.05, 0) is 55.2 Å². The molecule has 0 aliphatic heterocycles. The molecule has 0 aromatic heterocycles. The first-order chi connectivity index (χ1) is 18.0. The molecule has 6 heteroatoms. The fraction of sp³-hybridized carbons (Fsp3) is 0.355. The van der Waals surface area contributed by atoms with Gasteiger partial charge >= 0.3 is 0 Å². The standard InChI is InChI=1S/C31H35ClN2O3/c1-23-9-8-12-25(19-23)21-34(30(35)22-37-28-17-15-26(32)16-18-28)29(20-24-10-4-2-5-11-24)31(36)33-27-13-6-3-7-14-27/h2,4-5,8-12,15-19,27,29H,3,6-7,13-14,20-22H2,1H3,(H,33,36)/t29-/m0/s1. The van der Waals surface area contributed by atoms with Crippen molar-refractivity contribution in [3.63, 3.8) is 0 Å². The Morgan fingerprint density at radius 2 is 1.65 bits per heavy atom. The minimum Gasteiger partial charge on any atom is -0.484 e. The van der Waals surface area contributed by atoms with Crippen molar-refractivity contribution in [3.05, 3.63) is 101 Å². The van der Waals surface area contributed by atoms with Gasteiger partial charge in [-0.3, -0.25) is 9.59 Å². The number of carbonyl (C=O) groups is 2. The number of rotatable bonds is 10. The lowest BCUT2D eigenvalue weighted by Gasteiger charge is -2.33. The number of ether oxygens (including phenoxy) is 1. The molecule has 0 spiro atoms. The molecule has 3 aromatic carbocycles. The lowest BCUT2D eigenvalue weighted by atomic mass is 9.94. The number of hydrogen-bond acceptors (Lipinski definition) is 3. The van der Waals surface area contributed by atoms with Crippen LogP contribution < -0.4 is 10.1 Å². The van der Waals surface area contributed by atoms with Crippen molar-refractivity contribution in [1.29, 1.82) is 0 Å². The van der Waals surface area contributed by atoms with E-state index in [0.29, 0.717) is 23.7 Å². The molecular weight excluding hydrogens is 484 g/mol. The van der Waals surface area contributed by atoms with Crippen LogP contribution in [0.3, 0.4) is 0 Å². The number of nitrogens with one attached hydrogen (secondary N) is 1. The summed E-state index contributed by atoms with van der Waals surface area (Å²) in [6.07, 6.45) is 5.84. The van der Waals surface area contributed by atoms with Crippen molar-refractivity contribution in [2.75, 3.05) is 6.61 Å². The molecular formula is C31H35ClN2O3. The predicted molar refractivity (Wildman–Crippen MR) is 148 cm³/mol. The number of amides is 2. The molecule has 5 nitrogen and oxygen atoms in total. The number of hydrogen-bond donors (Lipinski definition) is 1. The lowest BCUT2D eigenvalue weighted by molar-refractivity contribution is -0.143. The highest BCUT2D eigenvalue weighted by atomic mass is 35.5. The maximum absolute atomic E-state index is 13.8. The summed E-state index contributed by atoms with van der Waals surface area (Å²) in [4.78, 5) is 29.1. The molecule has 1 atom stereocenters. The maximum atomic E-state index is 13.8. The van der Waals surface area contributed by atoms with Gasteiger partial charge in [-0.2, -0.15) is 0 Å². The fourth-order valence-electron chi connectivity index (χ4n) is 4.86. The van der Waals surface area contributed by atoms with Crippen LogP contribution >= 0.6 is 11.6 Å². The Kier molecular flexibility index (Phi) is 9.61. The van der Waals surface area contributed by atoms with Crippen LogP contribution in [0.2, 0.25) is 5.02 Å². The van der Waals surface area contributed by atoms with E-state index in [-0.39, 0.29) is 24.5 Å². The van der Waals surface area contributed by atoms with Crippen LogP contribution in [0.15, 0.2) is 78.9 Å². The zero-order valence-electron chi connectivity index (χ0n) is 21.4. The summed E-state index contributed by atoms with van der Waals surface area (Å²) >= 11 is 5.99. The summed E-state index contributed by atoms with van der Waals surface area (Å²) in [5.41, 5.74) is 3.09. The van der Waals surface area contributed by atoms with E-state index >= 15 is 0 Å². The van der Waals surface area contributed by atoms with Gasteiger partial charge in [0, 0.05) is 24.0 Å². The molecule has 1 fully saturated rings. The molecule has 0 bridgehead atoms. The van der Waals surface area contributed by atoms with Gasteiger partial charge in [0.25, 0.3) is 5.91 Å². The molecule has 0 saturated heterocycles. The SMILES string of the molecule is Cc1cccc(CN(C(=O)COc2ccc(Cl)cc2)[C@@H](Cc2ccccc2)C(=O)NC2CCCCC2)c1. The van der Waals surface area contributed by atoms with Gasteiger partial charge in [-0.25, -0.2) is 0 Å². The van der Waals surface area contributed by atoms with E-state index in [9.17, 15) is 9.59 Å². The summed E-state index contributed by atoms with van der Waals surface area (Å²) in [5.74, 6) is 0.207. The third-order valence-electron chi connectivity index (χ3n) is 6.83. The topological polar surface area (TPSA) is 58.6 Å². The van der Waals surface area contributed by atoms with Crippen LogP contribution in [0, 0.1) is 6.92 Å². The minimum absolute atomic E-state index is 0.108. The largest absolute Gasteiger partial charge is 0.484 e. The Hall–Kier alpha value is -3.31.